The van der Waals surface area contributed by atoms with Gasteiger partial charge >= 0.3 is 0 Å². The van der Waals surface area contributed by atoms with Gasteiger partial charge in [0.25, 0.3) is 0 Å². The van der Waals surface area contributed by atoms with Gasteiger partial charge in [-0.25, -0.2) is 4.98 Å². The van der Waals surface area contributed by atoms with E-state index in [0.717, 1.165) is 5.52 Å². The summed E-state index contributed by atoms with van der Waals surface area (Å²) in [6, 6.07) is 16.4. The molecule has 0 fully saturated rings. The van der Waals surface area contributed by atoms with Gasteiger partial charge < -0.3 is 0 Å². The van der Waals surface area contributed by atoms with E-state index < -0.39 is 0 Å². The molecule has 65 valence electrons. The van der Waals surface area contributed by atoms with E-state index in [1.165, 1.54) is 16.2 Å². The van der Waals surface area contributed by atoms with E-state index in [1.54, 1.807) is 0 Å². The Labute approximate surface area is 82.0 Å². The maximum absolute atomic E-state index is 4.21. The van der Waals surface area contributed by atoms with Crippen molar-refractivity contribution in [2.24, 2.45) is 0 Å². The number of benzene rings is 2. The van der Waals surface area contributed by atoms with Gasteiger partial charge in [-0.05, 0) is 29.0 Å². The highest BCUT2D eigenvalue weighted by molar-refractivity contribution is 6.05. The number of hydrogen-bond acceptors (Lipinski definition) is 1. The van der Waals surface area contributed by atoms with Crippen molar-refractivity contribution in [3.05, 3.63) is 54.7 Å². The second-order valence-electron chi connectivity index (χ2n) is 3.29. The zero-order chi connectivity index (χ0) is 9.38. The van der Waals surface area contributed by atoms with Crippen molar-refractivity contribution >= 4 is 21.7 Å². The van der Waals surface area contributed by atoms with Crippen molar-refractivity contribution in [2.75, 3.05) is 0 Å². The van der Waals surface area contributed by atoms with Gasteiger partial charge in [0, 0.05) is 5.39 Å². The van der Waals surface area contributed by atoms with Crippen LogP contribution in [0.25, 0.3) is 21.7 Å². The summed E-state index contributed by atoms with van der Waals surface area (Å²) in [6.07, 6.45) is 2.85. The van der Waals surface area contributed by atoms with Gasteiger partial charge in [-0.1, -0.05) is 30.3 Å². The first-order valence-corrected chi connectivity index (χ1v) is 4.60. The summed E-state index contributed by atoms with van der Waals surface area (Å²) in [4.78, 5) is 4.21. The van der Waals surface area contributed by atoms with Crippen LogP contribution in [0.15, 0.2) is 48.5 Å². The lowest BCUT2D eigenvalue weighted by Gasteiger charge is -2.01. The zero-order valence-corrected chi connectivity index (χ0v) is 7.57. The Balaban J connectivity index is 2.61. The molecule has 0 aliphatic heterocycles. The summed E-state index contributed by atoms with van der Waals surface area (Å²) in [5.41, 5.74) is 1.01. The molecule has 1 nitrogen and oxygen atoms in total. The van der Waals surface area contributed by atoms with Crippen LogP contribution in [0, 0.1) is 6.20 Å². The van der Waals surface area contributed by atoms with Crippen molar-refractivity contribution in [1.29, 1.82) is 0 Å². The molecule has 0 atom stereocenters. The Morgan fingerprint density at radius 2 is 1.79 bits per heavy atom. The third-order valence-corrected chi connectivity index (χ3v) is 2.46. The normalized spacial score (nSPS) is 10.9. The predicted octanol–water partition coefficient (Wildman–Crippen LogP) is 3.19. The summed E-state index contributed by atoms with van der Waals surface area (Å²) in [5, 5.41) is 3.71. The van der Waals surface area contributed by atoms with Crippen LogP contribution < -0.4 is 0 Å². The third-order valence-electron chi connectivity index (χ3n) is 2.46. The zero-order valence-electron chi connectivity index (χ0n) is 7.57. The molecule has 1 radical (unpaired) electrons. The summed E-state index contributed by atoms with van der Waals surface area (Å²) in [5.74, 6) is 0. The SMILES string of the molecule is [c]1ccc2c(ccc3ccccc32)n1. The number of rotatable bonds is 0. The van der Waals surface area contributed by atoms with Crippen molar-refractivity contribution in [2.45, 2.75) is 0 Å². The topological polar surface area (TPSA) is 12.9 Å². The van der Waals surface area contributed by atoms with E-state index in [9.17, 15) is 0 Å². The van der Waals surface area contributed by atoms with E-state index >= 15 is 0 Å². The highest BCUT2D eigenvalue weighted by atomic mass is 14.6. The van der Waals surface area contributed by atoms with Gasteiger partial charge in [-0.2, -0.15) is 0 Å². The average molecular weight is 178 g/mol. The highest BCUT2D eigenvalue weighted by Gasteiger charge is 1.98. The van der Waals surface area contributed by atoms with Crippen LogP contribution in [-0.4, -0.2) is 4.98 Å². The first-order valence-electron chi connectivity index (χ1n) is 4.60. The molecule has 3 aromatic rings. The Hall–Kier alpha value is -1.89. The minimum absolute atomic E-state index is 1.01. The van der Waals surface area contributed by atoms with Crippen LogP contribution in [0.2, 0.25) is 0 Å². The van der Waals surface area contributed by atoms with Gasteiger partial charge in [-0.3, -0.25) is 0 Å². The first kappa shape index (κ1) is 7.51. The molecule has 0 unspecified atom stereocenters. The van der Waals surface area contributed by atoms with Crippen LogP contribution in [0.4, 0.5) is 0 Å². The van der Waals surface area contributed by atoms with E-state index in [0.29, 0.717) is 0 Å². The number of aromatic nitrogens is 1. The molecular weight excluding hydrogens is 170 g/mol. The van der Waals surface area contributed by atoms with Crippen LogP contribution in [0.5, 0.6) is 0 Å². The van der Waals surface area contributed by atoms with Crippen molar-refractivity contribution in [3.63, 3.8) is 0 Å². The number of hydrogen-bond donors (Lipinski definition) is 0. The molecule has 14 heavy (non-hydrogen) atoms. The lowest BCUT2D eigenvalue weighted by molar-refractivity contribution is 1.40. The van der Waals surface area contributed by atoms with E-state index in [2.05, 4.69) is 47.6 Å². The minimum Gasteiger partial charge on any atom is -0.246 e. The third kappa shape index (κ3) is 0.990. The van der Waals surface area contributed by atoms with E-state index in [-0.39, 0.29) is 0 Å². The van der Waals surface area contributed by atoms with Crippen molar-refractivity contribution in [3.8, 4) is 0 Å². The highest BCUT2D eigenvalue weighted by Crippen LogP contribution is 2.22. The quantitative estimate of drug-likeness (QED) is 0.482. The van der Waals surface area contributed by atoms with Crippen molar-refractivity contribution < 1.29 is 0 Å². The maximum atomic E-state index is 4.21. The van der Waals surface area contributed by atoms with Gasteiger partial charge in [0.2, 0.25) is 0 Å². The molecule has 0 saturated carbocycles. The second kappa shape index (κ2) is 2.81. The minimum atomic E-state index is 1.01. The molecular formula is C13H8N. The van der Waals surface area contributed by atoms with Gasteiger partial charge in [0.05, 0.1) is 11.7 Å². The average Bonchev–Trinajstić information content (AvgIpc) is 2.29. The van der Waals surface area contributed by atoms with Crippen LogP contribution in [0.3, 0.4) is 0 Å². The monoisotopic (exact) mass is 178 g/mol. The summed E-state index contributed by atoms with van der Waals surface area (Å²) in [7, 11) is 0. The van der Waals surface area contributed by atoms with Gasteiger partial charge in [0.15, 0.2) is 0 Å². The van der Waals surface area contributed by atoms with Crippen LogP contribution in [0.1, 0.15) is 0 Å². The molecule has 0 aliphatic rings. The Morgan fingerprint density at radius 1 is 0.857 bits per heavy atom. The maximum Gasteiger partial charge on any atom is 0.0894 e. The number of fused-ring (bicyclic) bond motifs is 3. The van der Waals surface area contributed by atoms with Gasteiger partial charge in [0.1, 0.15) is 0 Å². The van der Waals surface area contributed by atoms with Crippen LogP contribution >= 0.6 is 0 Å². The molecule has 0 spiro atoms. The molecule has 0 amide bonds. The smallest absolute Gasteiger partial charge is 0.0894 e. The van der Waals surface area contributed by atoms with Crippen molar-refractivity contribution in [1.82, 2.24) is 4.98 Å². The lowest BCUT2D eigenvalue weighted by atomic mass is 10.1. The molecule has 3 rings (SSSR count). The number of pyridine rings is 1. The Morgan fingerprint density at radius 3 is 2.79 bits per heavy atom. The molecule has 0 N–H and O–H groups in total. The van der Waals surface area contributed by atoms with E-state index in [4.69, 9.17) is 0 Å². The largest absolute Gasteiger partial charge is 0.246 e. The molecule has 1 heterocycles. The fourth-order valence-electron chi connectivity index (χ4n) is 1.78. The Kier molecular flexibility index (Phi) is 1.51. The van der Waals surface area contributed by atoms with E-state index in [1.807, 2.05) is 12.1 Å². The summed E-state index contributed by atoms with van der Waals surface area (Å²) < 4.78 is 0. The first-order chi connectivity index (χ1) is 6.95. The van der Waals surface area contributed by atoms with Gasteiger partial charge in [-0.15, -0.1) is 0 Å². The molecule has 1 heteroatoms. The second-order valence-corrected chi connectivity index (χ2v) is 3.29. The fourth-order valence-corrected chi connectivity index (χ4v) is 1.78. The Bertz CT molecular complexity index is 544. The molecule has 2 aromatic carbocycles. The standard InChI is InChI=1S/C13H8N/c1-2-5-11-10(4-1)7-8-13-12(11)6-3-9-14-13/h1-8H. The van der Waals surface area contributed by atoms with Crippen LogP contribution in [-0.2, 0) is 0 Å². The predicted molar refractivity (Wildman–Crippen MR) is 58.1 cm³/mol. The fraction of sp³-hybridized carbons (Fsp3) is 0. The summed E-state index contributed by atoms with van der Waals surface area (Å²) in [6.45, 7) is 0. The summed E-state index contributed by atoms with van der Waals surface area (Å²) >= 11 is 0. The molecule has 0 bridgehead atoms. The molecule has 1 aromatic heterocycles. The molecule has 0 saturated heterocycles. The number of nitrogens with zero attached hydrogens (tertiary/aromatic N) is 1. The lowest BCUT2D eigenvalue weighted by Crippen LogP contribution is -1.79. The molecule has 0 aliphatic carbocycles.